The second-order valence-electron chi connectivity index (χ2n) is 17.1. The molecule has 0 aliphatic heterocycles. The molecule has 0 aromatic rings. The van der Waals surface area contributed by atoms with Gasteiger partial charge in [-0.2, -0.15) is 0 Å². The Hall–Kier alpha value is -2.18. The molecule has 0 saturated carbocycles. The number of carbonyl (C=O) groups is 2. The molecule has 0 aliphatic rings. The van der Waals surface area contributed by atoms with Crippen LogP contribution in [0.5, 0.6) is 0 Å². The quantitative estimate of drug-likeness (QED) is 0.0323. The highest BCUT2D eigenvalue weighted by Gasteiger charge is 2.18. The minimum atomic E-state index is -0.853. The number of amides is 1. The molecule has 0 bridgehead atoms. The van der Waals surface area contributed by atoms with Gasteiger partial charge in [-0.25, -0.2) is 0 Å². The summed E-state index contributed by atoms with van der Waals surface area (Å²) in [5, 5.41) is 22.9. The van der Waals surface area contributed by atoms with Gasteiger partial charge in [0.25, 0.3) is 0 Å². The molecule has 0 fully saturated rings. The van der Waals surface area contributed by atoms with E-state index in [4.69, 9.17) is 4.74 Å². The number of hydrogen-bond donors (Lipinski definition) is 3. The van der Waals surface area contributed by atoms with E-state index in [0.717, 1.165) is 83.5 Å². The van der Waals surface area contributed by atoms with E-state index >= 15 is 0 Å². The SMILES string of the molecule is CCCCCCCCC/C=C\CCCCCCCC(=O)OCCCCC/C=C\C/C=C\CCCCCCCCCC(=O)NC(CO)C(O)/C=C/CCCCCCCCC. The average molecular weight is 828 g/mol. The molecule has 1 amide bonds. The minimum Gasteiger partial charge on any atom is -0.466 e. The van der Waals surface area contributed by atoms with E-state index < -0.39 is 12.1 Å². The fraction of sp³-hybridized carbons (Fsp3) is 0.811. The van der Waals surface area contributed by atoms with E-state index in [1.165, 1.54) is 141 Å². The Morgan fingerprint density at radius 3 is 1.31 bits per heavy atom. The van der Waals surface area contributed by atoms with Crippen LogP contribution in [0.25, 0.3) is 0 Å². The second-order valence-corrected chi connectivity index (χ2v) is 17.1. The van der Waals surface area contributed by atoms with Gasteiger partial charge in [-0.3, -0.25) is 9.59 Å². The Kier molecular flexibility index (Phi) is 46.7. The third kappa shape index (κ3) is 45.2. The summed E-state index contributed by atoms with van der Waals surface area (Å²) in [5.41, 5.74) is 0. The van der Waals surface area contributed by atoms with Crippen molar-refractivity contribution in [3.8, 4) is 0 Å². The number of rotatable bonds is 46. The fourth-order valence-electron chi connectivity index (χ4n) is 7.36. The monoisotopic (exact) mass is 828 g/mol. The van der Waals surface area contributed by atoms with Crippen molar-refractivity contribution in [2.24, 2.45) is 0 Å². The van der Waals surface area contributed by atoms with Crippen molar-refractivity contribution < 1.29 is 24.5 Å². The average Bonchev–Trinajstić information content (AvgIpc) is 3.24. The summed E-state index contributed by atoms with van der Waals surface area (Å²) >= 11 is 0. The molecular weight excluding hydrogens is 731 g/mol. The van der Waals surface area contributed by atoms with Crippen LogP contribution in [0.15, 0.2) is 48.6 Å². The number of nitrogens with one attached hydrogen (secondary N) is 1. The topological polar surface area (TPSA) is 95.9 Å². The van der Waals surface area contributed by atoms with Crippen LogP contribution in [0.3, 0.4) is 0 Å². The van der Waals surface area contributed by atoms with Crippen molar-refractivity contribution in [2.75, 3.05) is 13.2 Å². The number of carbonyl (C=O) groups excluding carboxylic acids is 2. The van der Waals surface area contributed by atoms with Crippen molar-refractivity contribution in [3.63, 3.8) is 0 Å². The molecule has 0 aromatic carbocycles. The lowest BCUT2D eigenvalue weighted by Crippen LogP contribution is -2.45. The van der Waals surface area contributed by atoms with Gasteiger partial charge in [-0.1, -0.05) is 191 Å². The van der Waals surface area contributed by atoms with Gasteiger partial charge in [-0.05, 0) is 96.3 Å². The van der Waals surface area contributed by atoms with Gasteiger partial charge in [0.15, 0.2) is 0 Å². The van der Waals surface area contributed by atoms with Gasteiger partial charge in [0.1, 0.15) is 0 Å². The minimum absolute atomic E-state index is 0.0251. The predicted molar refractivity (Wildman–Crippen MR) is 255 cm³/mol. The Labute approximate surface area is 366 Å². The van der Waals surface area contributed by atoms with E-state index in [1.807, 2.05) is 6.08 Å². The number of hydrogen-bond acceptors (Lipinski definition) is 5. The smallest absolute Gasteiger partial charge is 0.305 e. The van der Waals surface area contributed by atoms with Crippen LogP contribution in [-0.2, 0) is 14.3 Å². The highest BCUT2D eigenvalue weighted by atomic mass is 16.5. The molecule has 59 heavy (non-hydrogen) atoms. The maximum atomic E-state index is 12.4. The van der Waals surface area contributed by atoms with E-state index in [2.05, 4.69) is 55.6 Å². The molecule has 0 aromatic heterocycles. The van der Waals surface area contributed by atoms with Crippen molar-refractivity contribution in [2.45, 2.75) is 264 Å². The zero-order valence-corrected chi connectivity index (χ0v) is 39.0. The number of unbranched alkanes of at least 4 members (excludes halogenated alkanes) is 29. The largest absolute Gasteiger partial charge is 0.466 e. The van der Waals surface area contributed by atoms with E-state index in [1.54, 1.807) is 6.08 Å². The Balaban J connectivity index is 3.51. The summed E-state index contributed by atoms with van der Waals surface area (Å²) < 4.78 is 5.44. The van der Waals surface area contributed by atoms with Crippen molar-refractivity contribution in [3.05, 3.63) is 48.6 Å². The first-order chi connectivity index (χ1) is 29.0. The normalized spacial score (nSPS) is 13.1. The number of allylic oxidation sites excluding steroid dienone is 7. The lowest BCUT2D eigenvalue weighted by molar-refractivity contribution is -0.143. The van der Waals surface area contributed by atoms with Gasteiger partial charge in [0.05, 0.1) is 25.4 Å². The molecule has 0 aliphatic carbocycles. The standard InChI is InChI=1S/C53H97NO5/c1-3-5-7-9-11-13-14-15-16-21-24-27-31-35-39-43-47-53(58)59-48-44-40-36-32-28-25-22-19-17-18-20-23-26-30-34-38-42-46-52(57)54-50(49-55)51(56)45-41-37-33-29-12-10-8-6-4-2/h16-17,19,21,25,28,41,45,50-51,55-56H,3-15,18,20,22-24,26-27,29-40,42-44,46-49H2,1-2H3,(H,54,57)/b19-17-,21-16-,28-25-,45-41+. The zero-order chi connectivity index (χ0) is 43.0. The van der Waals surface area contributed by atoms with Gasteiger partial charge < -0.3 is 20.3 Å². The number of ether oxygens (including phenoxy) is 1. The maximum absolute atomic E-state index is 12.4. The number of esters is 1. The van der Waals surface area contributed by atoms with Gasteiger partial charge in [-0.15, -0.1) is 0 Å². The van der Waals surface area contributed by atoms with E-state index in [-0.39, 0.29) is 18.5 Å². The molecule has 2 unspecified atom stereocenters. The summed E-state index contributed by atoms with van der Waals surface area (Å²) in [5.74, 6) is -0.114. The summed E-state index contributed by atoms with van der Waals surface area (Å²) in [6.45, 7) is 4.81. The maximum Gasteiger partial charge on any atom is 0.305 e. The Bertz CT molecular complexity index is 1000. The highest BCUT2D eigenvalue weighted by Crippen LogP contribution is 2.14. The van der Waals surface area contributed by atoms with Crippen LogP contribution >= 0.6 is 0 Å². The molecule has 0 spiro atoms. The van der Waals surface area contributed by atoms with E-state index in [0.29, 0.717) is 19.4 Å². The fourth-order valence-corrected chi connectivity index (χ4v) is 7.36. The summed E-state index contributed by atoms with van der Waals surface area (Å²) in [7, 11) is 0. The van der Waals surface area contributed by atoms with Crippen molar-refractivity contribution >= 4 is 11.9 Å². The van der Waals surface area contributed by atoms with Gasteiger partial charge in [0.2, 0.25) is 5.91 Å². The molecule has 0 radical (unpaired) electrons. The first-order valence-corrected chi connectivity index (χ1v) is 25.4. The molecule has 3 N–H and O–H groups in total. The molecule has 6 nitrogen and oxygen atoms in total. The molecule has 0 heterocycles. The highest BCUT2D eigenvalue weighted by molar-refractivity contribution is 5.76. The zero-order valence-electron chi connectivity index (χ0n) is 39.0. The molecule has 344 valence electrons. The summed E-state index contributed by atoms with van der Waals surface area (Å²) in [6, 6.07) is -0.638. The predicted octanol–water partition coefficient (Wildman–Crippen LogP) is 15.1. The van der Waals surface area contributed by atoms with Crippen LogP contribution < -0.4 is 5.32 Å². The second kappa shape index (κ2) is 48.5. The molecular formula is C53H97NO5. The van der Waals surface area contributed by atoms with Gasteiger partial charge >= 0.3 is 5.97 Å². The van der Waals surface area contributed by atoms with Crippen molar-refractivity contribution in [1.29, 1.82) is 0 Å². The first kappa shape index (κ1) is 56.8. The third-order valence-corrected chi connectivity index (χ3v) is 11.3. The van der Waals surface area contributed by atoms with Crippen LogP contribution in [-0.4, -0.2) is 47.4 Å². The van der Waals surface area contributed by atoms with Crippen LogP contribution in [0.2, 0.25) is 0 Å². The summed E-state index contributed by atoms with van der Waals surface area (Å²) in [6.07, 6.45) is 59.8. The first-order valence-electron chi connectivity index (χ1n) is 25.4. The molecule has 0 rings (SSSR count). The summed E-state index contributed by atoms with van der Waals surface area (Å²) in [4.78, 5) is 24.4. The van der Waals surface area contributed by atoms with Crippen molar-refractivity contribution in [1.82, 2.24) is 5.32 Å². The van der Waals surface area contributed by atoms with E-state index in [9.17, 15) is 19.8 Å². The molecule has 0 saturated heterocycles. The third-order valence-electron chi connectivity index (χ3n) is 11.3. The lowest BCUT2D eigenvalue weighted by Gasteiger charge is -2.20. The molecule has 6 heteroatoms. The van der Waals surface area contributed by atoms with Gasteiger partial charge in [0, 0.05) is 12.8 Å². The van der Waals surface area contributed by atoms with Crippen LogP contribution in [0.1, 0.15) is 251 Å². The van der Waals surface area contributed by atoms with Crippen LogP contribution in [0.4, 0.5) is 0 Å². The number of aliphatic hydroxyl groups is 2. The number of aliphatic hydroxyl groups excluding tert-OH is 2. The lowest BCUT2D eigenvalue weighted by atomic mass is 10.1. The van der Waals surface area contributed by atoms with Crippen LogP contribution in [0, 0.1) is 0 Å². The Morgan fingerprint density at radius 2 is 0.847 bits per heavy atom. The molecule has 2 atom stereocenters. The Morgan fingerprint density at radius 1 is 0.475 bits per heavy atom.